The van der Waals surface area contributed by atoms with Gasteiger partial charge in [0.15, 0.2) is 24.1 Å². The quantitative estimate of drug-likeness (QED) is 0.566. The van der Waals surface area contributed by atoms with Crippen LogP contribution in [0.2, 0.25) is 5.02 Å². The third-order valence-electron chi connectivity index (χ3n) is 3.12. The van der Waals surface area contributed by atoms with Gasteiger partial charge in [0.05, 0.1) is 16.3 Å². The molecule has 12 heteroatoms. The lowest BCUT2D eigenvalue weighted by molar-refractivity contribution is -0.119. The maximum Gasteiger partial charge on any atom is 0.338 e. The van der Waals surface area contributed by atoms with Crippen LogP contribution in [0.1, 0.15) is 10.4 Å². The summed E-state index contributed by atoms with van der Waals surface area (Å²) in [6.07, 6.45) is 0. The average molecular weight is 423 g/mol. The number of carbonyl (C=O) groups excluding carboxylic acids is 2. The van der Waals surface area contributed by atoms with E-state index < -0.39 is 56.5 Å². The van der Waals surface area contributed by atoms with E-state index in [2.05, 4.69) is 4.74 Å². The van der Waals surface area contributed by atoms with E-state index >= 15 is 0 Å². The highest BCUT2D eigenvalue weighted by molar-refractivity contribution is 7.89. The Balaban J connectivity index is 2.06. The smallest absolute Gasteiger partial charge is 0.338 e. The number of carbonyl (C=O) groups is 2. The van der Waals surface area contributed by atoms with Crippen molar-refractivity contribution in [3.8, 4) is 0 Å². The molecule has 144 valence electrons. The number of primary sulfonamides is 1. The molecule has 0 aliphatic rings. The first-order valence-corrected chi connectivity index (χ1v) is 8.86. The first kappa shape index (κ1) is 20.7. The molecule has 0 saturated carbocycles. The number of nitrogens with one attached hydrogen (secondary N) is 1. The molecule has 0 saturated heterocycles. The maximum absolute atomic E-state index is 13.5. The van der Waals surface area contributed by atoms with Crippen LogP contribution in [0.25, 0.3) is 0 Å². The number of benzene rings is 2. The zero-order chi connectivity index (χ0) is 20.4. The number of esters is 1. The van der Waals surface area contributed by atoms with Crippen LogP contribution in [0.3, 0.4) is 0 Å². The lowest BCUT2D eigenvalue weighted by atomic mass is 10.2. The number of rotatable bonds is 5. The minimum atomic E-state index is -4.20. The van der Waals surface area contributed by atoms with Gasteiger partial charge in [-0.25, -0.2) is 31.5 Å². The molecule has 0 aromatic heterocycles. The van der Waals surface area contributed by atoms with Crippen molar-refractivity contribution in [3.63, 3.8) is 0 Å². The van der Waals surface area contributed by atoms with E-state index in [1.807, 2.05) is 5.32 Å². The molecular formula is C15H10ClF3N2O5S. The molecule has 0 fully saturated rings. The van der Waals surface area contributed by atoms with Gasteiger partial charge in [-0.15, -0.1) is 0 Å². The second-order valence-corrected chi connectivity index (χ2v) is 6.97. The van der Waals surface area contributed by atoms with Crippen LogP contribution >= 0.6 is 11.6 Å². The minimum Gasteiger partial charge on any atom is -0.452 e. The summed E-state index contributed by atoms with van der Waals surface area (Å²) >= 11 is 5.67. The summed E-state index contributed by atoms with van der Waals surface area (Å²) in [4.78, 5) is 23.0. The highest BCUT2D eigenvalue weighted by Gasteiger charge is 2.19. The number of hydrogen-bond donors (Lipinski definition) is 2. The average Bonchev–Trinajstić information content (AvgIpc) is 2.59. The number of amides is 1. The lowest BCUT2D eigenvalue weighted by Crippen LogP contribution is -2.22. The van der Waals surface area contributed by atoms with Gasteiger partial charge < -0.3 is 10.1 Å². The van der Waals surface area contributed by atoms with Gasteiger partial charge in [0.1, 0.15) is 4.90 Å². The van der Waals surface area contributed by atoms with Gasteiger partial charge in [0, 0.05) is 0 Å². The third-order valence-corrected chi connectivity index (χ3v) is 4.51. The zero-order valence-corrected chi connectivity index (χ0v) is 14.7. The van der Waals surface area contributed by atoms with Crippen LogP contribution in [0.5, 0.6) is 0 Å². The van der Waals surface area contributed by atoms with E-state index in [0.717, 1.165) is 24.3 Å². The molecule has 2 aromatic carbocycles. The zero-order valence-electron chi connectivity index (χ0n) is 13.1. The molecule has 7 nitrogen and oxygen atoms in total. The normalized spacial score (nSPS) is 11.1. The summed E-state index contributed by atoms with van der Waals surface area (Å²) in [5, 5.41) is 6.62. The molecule has 2 rings (SSSR count). The Labute approximate surface area is 155 Å². The predicted octanol–water partition coefficient (Wildman–Crippen LogP) is 2.20. The number of halogens is 4. The van der Waals surface area contributed by atoms with Crippen LogP contribution in [0.15, 0.2) is 35.2 Å². The molecule has 3 N–H and O–H groups in total. The summed E-state index contributed by atoms with van der Waals surface area (Å²) in [5.41, 5.74) is -0.923. The Hall–Kier alpha value is -2.63. The first-order chi connectivity index (χ1) is 12.5. The predicted molar refractivity (Wildman–Crippen MR) is 88.1 cm³/mol. The molecule has 0 atom stereocenters. The summed E-state index contributed by atoms with van der Waals surface area (Å²) < 4.78 is 66.7. The number of hydrogen-bond acceptors (Lipinski definition) is 5. The highest BCUT2D eigenvalue weighted by atomic mass is 35.5. The van der Waals surface area contributed by atoms with E-state index in [1.54, 1.807) is 0 Å². The van der Waals surface area contributed by atoms with Crippen molar-refractivity contribution in [2.45, 2.75) is 4.90 Å². The van der Waals surface area contributed by atoms with Crippen molar-refractivity contribution in [1.29, 1.82) is 0 Å². The van der Waals surface area contributed by atoms with Crippen LogP contribution in [-0.2, 0) is 19.6 Å². The second kappa shape index (κ2) is 7.94. The number of ether oxygens (including phenoxy) is 1. The fourth-order valence-electron chi connectivity index (χ4n) is 1.87. The fraction of sp³-hybridized carbons (Fsp3) is 0.0667. The molecule has 0 heterocycles. The third kappa shape index (κ3) is 4.96. The van der Waals surface area contributed by atoms with E-state index in [1.165, 1.54) is 0 Å². The first-order valence-electron chi connectivity index (χ1n) is 6.93. The summed E-state index contributed by atoms with van der Waals surface area (Å²) in [7, 11) is -4.20. The minimum absolute atomic E-state index is 0.222. The van der Waals surface area contributed by atoms with E-state index in [4.69, 9.17) is 16.7 Å². The van der Waals surface area contributed by atoms with Gasteiger partial charge >= 0.3 is 5.97 Å². The maximum atomic E-state index is 13.5. The largest absolute Gasteiger partial charge is 0.452 e. The molecule has 0 bridgehead atoms. The van der Waals surface area contributed by atoms with Gasteiger partial charge in [0.25, 0.3) is 5.91 Å². The molecule has 0 aliphatic heterocycles. The summed E-state index contributed by atoms with van der Waals surface area (Å²) in [6.45, 7) is -0.912. The Bertz CT molecular complexity index is 1030. The molecule has 2 aromatic rings. The van der Waals surface area contributed by atoms with Gasteiger partial charge in [-0.2, -0.15) is 0 Å². The summed E-state index contributed by atoms with van der Waals surface area (Å²) in [5.74, 6) is -6.98. The lowest BCUT2D eigenvalue weighted by Gasteiger charge is -2.09. The molecule has 0 radical (unpaired) electrons. The molecule has 0 aliphatic carbocycles. The van der Waals surface area contributed by atoms with Gasteiger partial charge in [-0.05, 0) is 30.3 Å². The second-order valence-electron chi connectivity index (χ2n) is 5.04. The fourth-order valence-corrected chi connectivity index (χ4v) is 2.94. The van der Waals surface area contributed by atoms with Crippen molar-refractivity contribution < 1.29 is 35.9 Å². The molecule has 1 amide bonds. The Morgan fingerprint density at radius 1 is 1.11 bits per heavy atom. The Morgan fingerprint density at radius 3 is 2.41 bits per heavy atom. The highest BCUT2D eigenvalue weighted by Crippen LogP contribution is 2.22. The van der Waals surface area contributed by atoms with Crippen molar-refractivity contribution in [2.75, 3.05) is 11.9 Å². The van der Waals surface area contributed by atoms with E-state index in [0.29, 0.717) is 6.07 Å². The SMILES string of the molecule is NS(=O)(=O)c1cc(C(=O)OCC(=O)Nc2ccc(F)c(F)c2F)ccc1Cl. The Kier molecular flexibility index (Phi) is 6.08. The van der Waals surface area contributed by atoms with Crippen molar-refractivity contribution in [2.24, 2.45) is 5.14 Å². The number of anilines is 1. The van der Waals surface area contributed by atoms with Crippen molar-refractivity contribution in [1.82, 2.24) is 0 Å². The molecular weight excluding hydrogens is 413 g/mol. The van der Waals surface area contributed by atoms with E-state index in [9.17, 15) is 31.2 Å². The summed E-state index contributed by atoms with van der Waals surface area (Å²) in [6, 6.07) is 4.46. The monoisotopic (exact) mass is 422 g/mol. The van der Waals surface area contributed by atoms with Crippen LogP contribution < -0.4 is 10.5 Å². The number of nitrogens with two attached hydrogens (primary N) is 1. The van der Waals surface area contributed by atoms with Crippen molar-refractivity contribution >= 4 is 39.2 Å². The number of sulfonamides is 1. The standard InChI is InChI=1S/C15H10ClF3N2O5S/c16-8-2-1-7(5-11(8)27(20,24)25)15(23)26-6-12(22)21-10-4-3-9(17)13(18)14(10)19/h1-5H,6H2,(H,21,22)(H2,20,24,25). The van der Waals surface area contributed by atoms with E-state index in [-0.39, 0.29) is 10.6 Å². The van der Waals surface area contributed by atoms with Crippen LogP contribution in [0.4, 0.5) is 18.9 Å². The topological polar surface area (TPSA) is 116 Å². The molecule has 0 spiro atoms. The van der Waals surface area contributed by atoms with Gasteiger partial charge in [-0.3, -0.25) is 4.79 Å². The Morgan fingerprint density at radius 2 is 1.78 bits per heavy atom. The van der Waals surface area contributed by atoms with Crippen LogP contribution in [-0.4, -0.2) is 26.9 Å². The van der Waals surface area contributed by atoms with Gasteiger partial charge in [0.2, 0.25) is 10.0 Å². The molecule has 0 unspecified atom stereocenters. The molecule has 27 heavy (non-hydrogen) atoms. The van der Waals surface area contributed by atoms with Crippen LogP contribution in [0, 0.1) is 17.5 Å². The van der Waals surface area contributed by atoms with Crippen molar-refractivity contribution in [3.05, 3.63) is 58.4 Å². The van der Waals surface area contributed by atoms with Gasteiger partial charge in [-0.1, -0.05) is 11.6 Å².